The van der Waals surface area contributed by atoms with Gasteiger partial charge >= 0.3 is 11.9 Å². The molecule has 0 aromatic heterocycles. The summed E-state index contributed by atoms with van der Waals surface area (Å²) in [6.45, 7) is 3.06. The number of hydrogen-bond donors (Lipinski definition) is 0. The largest absolute Gasteiger partial charge is 0.493 e. The number of carbonyl (C=O) groups excluding carboxylic acids is 3. The van der Waals surface area contributed by atoms with E-state index in [0.717, 1.165) is 5.56 Å². The third-order valence-electron chi connectivity index (χ3n) is 5.60. The first-order valence-corrected chi connectivity index (χ1v) is 10.4. The first-order chi connectivity index (χ1) is 15.9. The van der Waals surface area contributed by atoms with Crippen LogP contribution in [0.1, 0.15) is 36.6 Å². The summed E-state index contributed by atoms with van der Waals surface area (Å²) in [5.74, 6) is -0.540. The maximum Gasteiger partial charge on any atom is 0.338 e. The standard InChI is InChI=1S/C24H28N2O7/c1-30-20-13-18(19(24(29)33-4)14-21(20)31-2)22(27)26-11-9-25(10-12-26)15-16-5-7-17(8-6-16)23(28)32-3/h5-8,13-14H,9-12,15H2,1-4H3. The van der Waals surface area contributed by atoms with Gasteiger partial charge in [-0.3, -0.25) is 9.69 Å². The fourth-order valence-corrected chi connectivity index (χ4v) is 3.74. The van der Waals surface area contributed by atoms with Gasteiger partial charge in [0.2, 0.25) is 0 Å². The molecule has 1 saturated heterocycles. The van der Waals surface area contributed by atoms with Crippen molar-refractivity contribution in [3.8, 4) is 11.5 Å². The Balaban J connectivity index is 1.69. The van der Waals surface area contributed by atoms with Crippen molar-refractivity contribution in [3.63, 3.8) is 0 Å². The lowest BCUT2D eigenvalue weighted by atomic mass is 10.0. The number of rotatable bonds is 7. The third-order valence-corrected chi connectivity index (χ3v) is 5.60. The predicted octanol–water partition coefficient (Wildman–Crippen LogP) is 2.24. The monoisotopic (exact) mass is 456 g/mol. The number of ether oxygens (including phenoxy) is 4. The predicted molar refractivity (Wildman–Crippen MR) is 120 cm³/mol. The summed E-state index contributed by atoms with van der Waals surface area (Å²) in [5.41, 5.74) is 1.92. The van der Waals surface area contributed by atoms with E-state index in [1.165, 1.54) is 40.6 Å². The second kappa shape index (κ2) is 10.8. The summed E-state index contributed by atoms with van der Waals surface area (Å²) >= 11 is 0. The summed E-state index contributed by atoms with van der Waals surface area (Å²) < 4.78 is 20.2. The van der Waals surface area contributed by atoms with Crippen LogP contribution in [0.5, 0.6) is 11.5 Å². The molecule has 2 aromatic rings. The molecule has 3 rings (SSSR count). The van der Waals surface area contributed by atoms with E-state index in [9.17, 15) is 14.4 Å². The SMILES string of the molecule is COC(=O)c1ccc(CN2CCN(C(=O)c3cc(OC)c(OC)cc3C(=O)OC)CC2)cc1. The Bertz CT molecular complexity index is 1010. The van der Waals surface area contributed by atoms with Crippen LogP contribution in [0, 0.1) is 0 Å². The van der Waals surface area contributed by atoms with E-state index in [0.29, 0.717) is 49.8 Å². The Labute approximate surface area is 192 Å². The van der Waals surface area contributed by atoms with Crippen LogP contribution in [0.3, 0.4) is 0 Å². The van der Waals surface area contributed by atoms with E-state index < -0.39 is 5.97 Å². The van der Waals surface area contributed by atoms with E-state index >= 15 is 0 Å². The molecule has 9 nitrogen and oxygen atoms in total. The average Bonchev–Trinajstić information content (AvgIpc) is 2.87. The number of amides is 1. The summed E-state index contributed by atoms with van der Waals surface area (Å²) in [7, 11) is 5.56. The van der Waals surface area contributed by atoms with Crippen LogP contribution in [-0.2, 0) is 16.0 Å². The van der Waals surface area contributed by atoms with Gasteiger partial charge in [-0.1, -0.05) is 12.1 Å². The van der Waals surface area contributed by atoms with Crippen molar-refractivity contribution < 1.29 is 33.3 Å². The molecule has 1 heterocycles. The van der Waals surface area contributed by atoms with E-state index in [4.69, 9.17) is 18.9 Å². The van der Waals surface area contributed by atoms with Crippen molar-refractivity contribution in [1.82, 2.24) is 9.80 Å². The molecule has 1 aliphatic heterocycles. The van der Waals surface area contributed by atoms with Gasteiger partial charge in [0.15, 0.2) is 11.5 Å². The average molecular weight is 456 g/mol. The minimum Gasteiger partial charge on any atom is -0.493 e. The lowest BCUT2D eigenvalue weighted by Crippen LogP contribution is -2.48. The number of piperazine rings is 1. The lowest BCUT2D eigenvalue weighted by molar-refractivity contribution is 0.0569. The third kappa shape index (κ3) is 5.43. The molecule has 0 saturated carbocycles. The van der Waals surface area contributed by atoms with Crippen LogP contribution in [-0.4, -0.2) is 82.3 Å². The fourth-order valence-electron chi connectivity index (χ4n) is 3.74. The van der Waals surface area contributed by atoms with Crippen LogP contribution in [0.4, 0.5) is 0 Å². The van der Waals surface area contributed by atoms with Gasteiger partial charge in [-0.15, -0.1) is 0 Å². The molecule has 0 atom stereocenters. The van der Waals surface area contributed by atoms with Crippen LogP contribution in [0.15, 0.2) is 36.4 Å². The molecule has 0 N–H and O–H groups in total. The zero-order chi connectivity index (χ0) is 24.0. The summed E-state index contributed by atoms with van der Waals surface area (Å²) in [5, 5.41) is 0. The number of benzene rings is 2. The van der Waals surface area contributed by atoms with E-state index in [2.05, 4.69) is 4.90 Å². The Morgan fingerprint density at radius 1 is 0.758 bits per heavy atom. The molecule has 2 aromatic carbocycles. The maximum atomic E-state index is 13.3. The second-order valence-electron chi connectivity index (χ2n) is 7.50. The van der Waals surface area contributed by atoms with Crippen molar-refractivity contribution in [2.45, 2.75) is 6.54 Å². The second-order valence-corrected chi connectivity index (χ2v) is 7.50. The zero-order valence-corrected chi connectivity index (χ0v) is 19.3. The van der Waals surface area contributed by atoms with Crippen molar-refractivity contribution in [2.24, 2.45) is 0 Å². The van der Waals surface area contributed by atoms with Crippen molar-refractivity contribution >= 4 is 17.8 Å². The highest BCUT2D eigenvalue weighted by Crippen LogP contribution is 2.32. The van der Waals surface area contributed by atoms with Crippen LogP contribution < -0.4 is 9.47 Å². The van der Waals surface area contributed by atoms with Crippen LogP contribution in [0.2, 0.25) is 0 Å². The molecule has 9 heteroatoms. The number of carbonyl (C=O) groups is 3. The van der Waals surface area contributed by atoms with E-state index in [-0.39, 0.29) is 23.0 Å². The lowest BCUT2D eigenvalue weighted by Gasteiger charge is -2.35. The fraction of sp³-hybridized carbons (Fsp3) is 0.375. The molecule has 0 spiro atoms. The topological polar surface area (TPSA) is 94.6 Å². The molecular formula is C24H28N2O7. The quantitative estimate of drug-likeness (QED) is 0.586. The van der Waals surface area contributed by atoms with Gasteiger partial charge in [-0.05, 0) is 29.8 Å². The summed E-state index contributed by atoms with van der Waals surface area (Å²) in [4.78, 5) is 41.1. The zero-order valence-electron chi connectivity index (χ0n) is 19.3. The summed E-state index contributed by atoms with van der Waals surface area (Å²) in [6.07, 6.45) is 0. The first kappa shape index (κ1) is 24.1. The van der Waals surface area contributed by atoms with Crippen molar-refractivity contribution in [3.05, 3.63) is 58.7 Å². The molecule has 0 bridgehead atoms. The van der Waals surface area contributed by atoms with Crippen LogP contribution >= 0.6 is 0 Å². The molecular weight excluding hydrogens is 428 g/mol. The molecule has 1 fully saturated rings. The van der Waals surface area contributed by atoms with Gasteiger partial charge in [0.1, 0.15) is 0 Å². The number of nitrogens with zero attached hydrogens (tertiary/aromatic N) is 2. The first-order valence-electron chi connectivity index (χ1n) is 10.4. The Morgan fingerprint density at radius 3 is 1.82 bits per heavy atom. The summed E-state index contributed by atoms with van der Waals surface area (Å²) in [6, 6.07) is 10.3. The molecule has 33 heavy (non-hydrogen) atoms. The highest BCUT2D eigenvalue weighted by molar-refractivity contribution is 6.06. The van der Waals surface area contributed by atoms with Gasteiger partial charge in [0, 0.05) is 32.7 Å². The highest BCUT2D eigenvalue weighted by Gasteiger charge is 2.28. The Kier molecular flexibility index (Phi) is 7.89. The van der Waals surface area contributed by atoms with Gasteiger partial charge in [-0.25, -0.2) is 9.59 Å². The molecule has 0 aliphatic carbocycles. The molecule has 0 unspecified atom stereocenters. The molecule has 1 aliphatic rings. The van der Waals surface area contributed by atoms with Crippen molar-refractivity contribution in [1.29, 1.82) is 0 Å². The highest BCUT2D eigenvalue weighted by atomic mass is 16.5. The Morgan fingerprint density at radius 2 is 1.30 bits per heavy atom. The smallest absolute Gasteiger partial charge is 0.338 e. The van der Waals surface area contributed by atoms with Crippen LogP contribution in [0.25, 0.3) is 0 Å². The Hall–Kier alpha value is -3.59. The van der Waals surface area contributed by atoms with Gasteiger partial charge in [-0.2, -0.15) is 0 Å². The molecule has 1 amide bonds. The van der Waals surface area contributed by atoms with Gasteiger partial charge in [0.05, 0.1) is 45.1 Å². The normalized spacial score (nSPS) is 13.9. The number of methoxy groups -OCH3 is 4. The van der Waals surface area contributed by atoms with Crippen molar-refractivity contribution in [2.75, 3.05) is 54.6 Å². The minimum absolute atomic E-state index is 0.133. The molecule has 0 radical (unpaired) electrons. The maximum absolute atomic E-state index is 13.3. The van der Waals surface area contributed by atoms with E-state index in [1.54, 1.807) is 17.0 Å². The number of esters is 2. The number of hydrogen-bond acceptors (Lipinski definition) is 8. The van der Waals surface area contributed by atoms with Gasteiger partial charge < -0.3 is 23.8 Å². The van der Waals surface area contributed by atoms with Gasteiger partial charge in [0.25, 0.3) is 5.91 Å². The van der Waals surface area contributed by atoms with E-state index in [1.807, 2.05) is 12.1 Å². The molecule has 176 valence electrons. The minimum atomic E-state index is -0.617.